The molecular formula is C23H31N3O4S. The van der Waals surface area contributed by atoms with Crippen molar-refractivity contribution in [1.29, 1.82) is 0 Å². The third kappa shape index (κ3) is 3.48. The van der Waals surface area contributed by atoms with E-state index in [1.165, 1.54) is 0 Å². The van der Waals surface area contributed by atoms with E-state index in [2.05, 4.69) is 10.0 Å². The maximum Gasteiger partial charge on any atom is 0.241 e. The van der Waals surface area contributed by atoms with Gasteiger partial charge in [-0.1, -0.05) is 31.0 Å². The second-order valence-corrected chi connectivity index (χ2v) is 12.0. The molecule has 7 nitrogen and oxygen atoms in total. The molecule has 4 N–H and O–H groups in total. The van der Waals surface area contributed by atoms with Crippen molar-refractivity contribution in [3.63, 3.8) is 0 Å². The van der Waals surface area contributed by atoms with Gasteiger partial charge in [-0.2, -0.15) is 4.72 Å². The van der Waals surface area contributed by atoms with Crippen molar-refractivity contribution < 1.29 is 18.0 Å². The van der Waals surface area contributed by atoms with Gasteiger partial charge >= 0.3 is 0 Å². The first kappa shape index (κ1) is 20.9. The van der Waals surface area contributed by atoms with Gasteiger partial charge in [0.05, 0.1) is 4.90 Å². The predicted molar refractivity (Wildman–Crippen MR) is 115 cm³/mol. The Bertz CT molecular complexity index is 971. The van der Waals surface area contributed by atoms with Crippen LogP contribution in [0.25, 0.3) is 0 Å². The largest absolute Gasteiger partial charge is 0.369 e. The van der Waals surface area contributed by atoms with Crippen LogP contribution in [0, 0.1) is 23.2 Å². The van der Waals surface area contributed by atoms with Crippen LogP contribution in [0.2, 0.25) is 0 Å². The molecule has 168 valence electrons. The Hall–Kier alpha value is -1.93. The number of primary amides is 1. The van der Waals surface area contributed by atoms with Crippen molar-refractivity contribution in [2.45, 2.75) is 74.3 Å². The average molecular weight is 446 g/mol. The summed E-state index contributed by atoms with van der Waals surface area (Å²) in [6.07, 6.45) is 7.02. The fraction of sp³-hybridized carbons (Fsp3) is 0.652. The van der Waals surface area contributed by atoms with Crippen LogP contribution in [0.3, 0.4) is 0 Å². The normalized spacial score (nSPS) is 35.7. The van der Waals surface area contributed by atoms with Gasteiger partial charge in [0.1, 0.15) is 5.54 Å². The van der Waals surface area contributed by atoms with Crippen molar-refractivity contribution in [3.8, 4) is 0 Å². The number of nitrogens with two attached hydrogens (primary N) is 1. The minimum absolute atomic E-state index is 0.00442. The molecule has 8 heteroatoms. The minimum atomic E-state index is -3.80. The molecule has 5 aliphatic carbocycles. The second kappa shape index (κ2) is 7.30. The fourth-order valence-corrected chi connectivity index (χ4v) is 8.57. The lowest BCUT2D eigenvalue weighted by molar-refractivity contribution is -0.148. The summed E-state index contributed by atoms with van der Waals surface area (Å²) in [5.74, 6) is 0.587. The molecule has 0 aromatic heterocycles. The first-order chi connectivity index (χ1) is 14.7. The third-order valence-electron chi connectivity index (χ3n) is 8.37. The van der Waals surface area contributed by atoms with Crippen LogP contribution < -0.4 is 15.8 Å². The quantitative estimate of drug-likeness (QED) is 0.621. The zero-order valence-electron chi connectivity index (χ0n) is 17.7. The summed E-state index contributed by atoms with van der Waals surface area (Å²) >= 11 is 0. The molecule has 0 heterocycles. The first-order valence-electron chi connectivity index (χ1n) is 11.4. The van der Waals surface area contributed by atoms with Gasteiger partial charge in [-0.05, 0) is 74.8 Å². The van der Waals surface area contributed by atoms with Gasteiger partial charge in [-0.25, -0.2) is 8.42 Å². The minimum Gasteiger partial charge on any atom is -0.369 e. The molecule has 0 aliphatic heterocycles. The Labute approximate surface area is 183 Å². The summed E-state index contributed by atoms with van der Waals surface area (Å²) in [7, 11) is -3.80. The van der Waals surface area contributed by atoms with Crippen LogP contribution in [0.15, 0.2) is 35.2 Å². The molecule has 5 aliphatic rings. The number of amides is 2. The number of sulfonamides is 1. The van der Waals surface area contributed by atoms with E-state index in [0.717, 1.165) is 44.9 Å². The molecule has 5 saturated carbocycles. The zero-order valence-corrected chi connectivity index (χ0v) is 18.5. The number of hydrogen-bond acceptors (Lipinski definition) is 4. The van der Waals surface area contributed by atoms with Gasteiger partial charge in [0, 0.05) is 11.5 Å². The maximum atomic E-state index is 13.6. The van der Waals surface area contributed by atoms with Gasteiger partial charge in [-0.3, -0.25) is 9.59 Å². The highest BCUT2D eigenvalue weighted by Gasteiger charge is 2.59. The van der Waals surface area contributed by atoms with Crippen molar-refractivity contribution in [3.05, 3.63) is 30.3 Å². The number of carbonyl (C=O) groups excluding carboxylic acids is 2. The van der Waals surface area contributed by atoms with Gasteiger partial charge in [0.15, 0.2) is 0 Å². The molecule has 5 fully saturated rings. The molecule has 2 atom stereocenters. The van der Waals surface area contributed by atoms with Crippen molar-refractivity contribution in [1.82, 2.24) is 10.0 Å². The summed E-state index contributed by atoms with van der Waals surface area (Å²) in [5.41, 5.74) is 4.27. The van der Waals surface area contributed by atoms with Gasteiger partial charge in [0.25, 0.3) is 0 Å². The average Bonchev–Trinajstić information content (AvgIpc) is 3.20. The maximum absolute atomic E-state index is 13.6. The molecule has 0 spiro atoms. The van der Waals surface area contributed by atoms with Crippen molar-refractivity contribution in [2.75, 3.05) is 0 Å². The summed E-state index contributed by atoms with van der Waals surface area (Å²) in [4.78, 5) is 25.9. The lowest BCUT2D eigenvalue weighted by Gasteiger charge is -2.59. The smallest absolute Gasteiger partial charge is 0.241 e. The molecule has 0 saturated heterocycles. The Kier molecular flexibility index (Phi) is 4.93. The molecule has 31 heavy (non-hydrogen) atoms. The molecule has 2 unspecified atom stereocenters. The lowest BCUT2D eigenvalue weighted by atomic mass is 9.47. The van der Waals surface area contributed by atoms with Crippen LogP contribution in [-0.4, -0.2) is 31.8 Å². The lowest BCUT2D eigenvalue weighted by Crippen LogP contribution is -2.65. The van der Waals surface area contributed by atoms with Crippen LogP contribution >= 0.6 is 0 Å². The zero-order chi connectivity index (χ0) is 21.9. The number of hydrogen-bond donors (Lipinski definition) is 3. The van der Waals surface area contributed by atoms with Crippen LogP contribution in [-0.2, 0) is 19.6 Å². The molecule has 2 amide bonds. The molecule has 0 radical (unpaired) electrons. The highest BCUT2D eigenvalue weighted by Crippen LogP contribution is 2.60. The Balaban J connectivity index is 1.36. The monoisotopic (exact) mass is 445 g/mol. The first-order valence-corrected chi connectivity index (χ1v) is 12.9. The highest BCUT2D eigenvalue weighted by atomic mass is 32.2. The summed E-state index contributed by atoms with van der Waals surface area (Å²) < 4.78 is 28.8. The van der Waals surface area contributed by atoms with E-state index in [1.54, 1.807) is 30.3 Å². The summed E-state index contributed by atoms with van der Waals surface area (Å²) in [5, 5.41) is 3.26. The van der Waals surface area contributed by atoms with Crippen LogP contribution in [0.1, 0.15) is 57.8 Å². The molecule has 1 aromatic carbocycles. The Morgan fingerprint density at radius 1 is 0.968 bits per heavy atom. The molecule has 6 rings (SSSR count). The summed E-state index contributed by atoms with van der Waals surface area (Å²) in [6.45, 7) is 0. The fourth-order valence-electron chi connectivity index (χ4n) is 7.12. The van der Waals surface area contributed by atoms with E-state index in [-0.39, 0.29) is 34.6 Å². The van der Waals surface area contributed by atoms with E-state index in [1.807, 2.05) is 0 Å². The summed E-state index contributed by atoms with van der Waals surface area (Å²) in [6, 6.07) is 8.21. The van der Waals surface area contributed by atoms with Crippen molar-refractivity contribution in [2.24, 2.45) is 28.9 Å². The highest BCUT2D eigenvalue weighted by molar-refractivity contribution is 7.89. The predicted octanol–water partition coefficient (Wildman–Crippen LogP) is 2.07. The van der Waals surface area contributed by atoms with Crippen LogP contribution in [0.5, 0.6) is 0 Å². The van der Waals surface area contributed by atoms with E-state index in [9.17, 15) is 18.0 Å². The Morgan fingerprint density at radius 2 is 1.58 bits per heavy atom. The van der Waals surface area contributed by atoms with E-state index in [4.69, 9.17) is 5.73 Å². The second-order valence-electron chi connectivity index (χ2n) is 10.3. The van der Waals surface area contributed by atoms with Crippen LogP contribution in [0.4, 0.5) is 0 Å². The van der Waals surface area contributed by atoms with Crippen molar-refractivity contribution >= 4 is 21.8 Å². The molecule has 4 bridgehead atoms. The number of carbonyl (C=O) groups is 2. The molecular weight excluding hydrogens is 414 g/mol. The topological polar surface area (TPSA) is 118 Å². The van der Waals surface area contributed by atoms with E-state index < -0.39 is 21.0 Å². The SMILES string of the molecule is NC(=O)C12CC3CC(C1)C(NC(=O)C1(NS(=O)(=O)c4ccccc4)CCCC1)C(C3)C2. The molecule has 1 aromatic rings. The number of rotatable bonds is 6. The van der Waals surface area contributed by atoms with Gasteiger partial charge < -0.3 is 11.1 Å². The number of nitrogens with one attached hydrogen (secondary N) is 2. The van der Waals surface area contributed by atoms with Gasteiger partial charge in [-0.15, -0.1) is 0 Å². The van der Waals surface area contributed by atoms with E-state index >= 15 is 0 Å². The standard InChI is InChI=1S/C23H31N3O4S/c24-20(27)22-12-15-10-16(13-22)19(17(11-15)14-22)25-21(28)23(8-4-5-9-23)26-31(29,30)18-6-2-1-3-7-18/h1-3,6-7,15-17,19,26H,4-5,8-14H2,(H2,24,27)(H,25,28). The number of benzene rings is 1. The van der Waals surface area contributed by atoms with E-state index in [0.29, 0.717) is 18.8 Å². The third-order valence-corrected chi connectivity index (χ3v) is 9.92. The Morgan fingerprint density at radius 3 is 2.16 bits per heavy atom. The van der Waals surface area contributed by atoms with Gasteiger partial charge in [0.2, 0.25) is 21.8 Å².